The maximum absolute atomic E-state index is 15.2. The molecule has 0 unspecified atom stereocenters. The van der Waals surface area contributed by atoms with Gasteiger partial charge in [-0.3, -0.25) is 9.59 Å². The highest BCUT2D eigenvalue weighted by Crippen LogP contribution is 2.45. The number of unbranched alkanes of at least 4 members (excludes halogenated alkanes) is 1. The Kier molecular flexibility index (Phi) is 35.2. The molecule has 0 aromatic heterocycles. The predicted molar refractivity (Wildman–Crippen MR) is 437 cm³/mol. The number of carbonyl (C=O) groups excluding carboxylic acids is 2. The van der Waals surface area contributed by atoms with E-state index in [1.165, 1.54) is 7.11 Å². The molecule has 0 radical (unpaired) electrons. The summed E-state index contributed by atoms with van der Waals surface area (Å²) in [6.07, 6.45) is 9.75. The number of ketones is 1. The van der Waals surface area contributed by atoms with Gasteiger partial charge in [-0.15, -0.1) is 0 Å². The van der Waals surface area contributed by atoms with Gasteiger partial charge in [0.05, 0.1) is 71.0 Å². The zero-order chi connectivity index (χ0) is 78.2. The highest BCUT2D eigenvalue weighted by atomic mass is 28.4. The molecule has 1 fully saturated rings. The van der Waals surface area contributed by atoms with Crippen molar-refractivity contribution in [2.24, 2.45) is 11.8 Å². The molecule has 0 bridgehead atoms. The van der Waals surface area contributed by atoms with Crippen LogP contribution in [-0.4, -0.2) is 135 Å². The van der Waals surface area contributed by atoms with E-state index in [0.29, 0.717) is 45.3 Å². The van der Waals surface area contributed by atoms with Crippen LogP contribution in [0.25, 0.3) is 0 Å². The average molecular weight is 1510 g/mol. The van der Waals surface area contributed by atoms with Crippen LogP contribution in [0.15, 0.2) is 84.5 Å². The van der Waals surface area contributed by atoms with Gasteiger partial charge in [-0.05, 0) is 198 Å². The maximum atomic E-state index is 15.2. The Balaban J connectivity index is 2.15. The molecule has 19 heteroatoms. The van der Waals surface area contributed by atoms with Crippen LogP contribution in [0.1, 0.15) is 221 Å². The molecule has 11 atom stereocenters. The number of esters is 1. The summed E-state index contributed by atoms with van der Waals surface area (Å²) in [6.45, 7) is 74.9. The number of carbonyl (C=O) groups is 2. The third-order valence-electron chi connectivity index (χ3n) is 23.4. The van der Waals surface area contributed by atoms with Gasteiger partial charge in [-0.2, -0.15) is 0 Å². The minimum absolute atomic E-state index is 0.0153. The van der Waals surface area contributed by atoms with Crippen molar-refractivity contribution in [1.29, 1.82) is 0 Å². The van der Waals surface area contributed by atoms with Crippen LogP contribution in [0.2, 0.25) is 90.7 Å². The van der Waals surface area contributed by atoms with E-state index >= 15 is 4.79 Å². The fourth-order valence-corrected chi connectivity index (χ4v) is 18.2. The first-order valence-corrected chi connectivity index (χ1v) is 52.9. The summed E-state index contributed by atoms with van der Waals surface area (Å²) in [6, 6.07) is 16.1. The van der Waals surface area contributed by atoms with Crippen LogP contribution < -0.4 is 9.47 Å². The largest absolute Gasteiger partial charge is 0.497 e. The van der Waals surface area contributed by atoms with Crippen LogP contribution in [-0.2, 0) is 68.6 Å². The van der Waals surface area contributed by atoms with Gasteiger partial charge in [0.2, 0.25) is 0 Å². The standard InChI is InChI=1S/C83H150O14Si5/c1-36-37-38-70(89-57-63-40-44-65(86-23)45-41-63)71(96-101(32,33)81(15,16)17)51-48-67(93-98(26,27)78(6,7)8)55-68(94-99(28,29)79(9,10)11)49-52-72-76(84)75(92-83(21,22)91-72)54-59(2)53-61(4)73(90-58-64-42-46-66(87-24)47-43-64)56-74(97-102(34,35)82(18,19)20)60(3)39-50-69(62(5)77(85)88-25)95-100(30,31)80(12,13)14/h39-47,50,53,61-62,67-75H,3,36-38,48-49,51-52,54-58H2,1-2,4-35H3/b50-39+,59-53+/t61-,62-,67+,68-,69+,70-,71-,72-,73+,74+,75-/m1/s1. The Morgan fingerprint density at radius 3 is 1.42 bits per heavy atom. The molecule has 1 heterocycles. The van der Waals surface area contributed by atoms with Crippen molar-refractivity contribution in [3.8, 4) is 11.5 Å². The highest BCUT2D eigenvalue weighted by molar-refractivity contribution is 6.75. The van der Waals surface area contributed by atoms with Crippen LogP contribution >= 0.6 is 0 Å². The minimum Gasteiger partial charge on any atom is -0.497 e. The van der Waals surface area contributed by atoms with E-state index < -0.39 is 77.7 Å². The molecule has 1 aliphatic heterocycles. The van der Waals surface area contributed by atoms with E-state index in [9.17, 15) is 4.79 Å². The lowest BCUT2D eigenvalue weighted by Crippen LogP contribution is -2.52. The number of methoxy groups -OCH3 is 3. The van der Waals surface area contributed by atoms with E-state index in [2.05, 4.69) is 208 Å². The average Bonchev–Trinajstić information content (AvgIpc) is 0.913. The minimum atomic E-state index is -2.45. The molecule has 586 valence electrons. The van der Waals surface area contributed by atoms with E-state index in [1.807, 2.05) is 69.3 Å². The lowest BCUT2D eigenvalue weighted by Gasteiger charge is -2.44. The van der Waals surface area contributed by atoms with Crippen molar-refractivity contribution in [1.82, 2.24) is 0 Å². The molecule has 1 aliphatic rings. The molecule has 0 N–H and O–H groups in total. The van der Waals surface area contributed by atoms with Gasteiger partial charge < -0.3 is 55.3 Å². The van der Waals surface area contributed by atoms with E-state index in [1.54, 1.807) is 14.2 Å². The molecular weight excluding hydrogens is 1360 g/mol. The van der Waals surface area contributed by atoms with Crippen molar-refractivity contribution in [2.75, 3.05) is 21.3 Å². The molecule has 0 saturated carbocycles. The molecule has 102 heavy (non-hydrogen) atoms. The number of benzene rings is 2. The van der Waals surface area contributed by atoms with Crippen molar-refractivity contribution in [2.45, 2.75) is 374 Å². The summed E-state index contributed by atoms with van der Waals surface area (Å²) in [5, 5.41) is -0.358. The van der Waals surface area contributed by atoms with Gasteiger partial charge in [0.1, 0.15) is 23.7 Å². The highest BCUT2D eigenvalue weighted by Gasteiger charge is 2.48. The van der Waals surface area contributed by atoms with Gasteiger partial charge in [0, 0.05) is 31.0 Å². The monoisotopic (exact) mass is 1510 g/mol. The Bertz CT molecular complexity index is 2940. The second-order valence-electron chi connectivity index (χ2n) is 37.6. The maximum Gasteiger partial charge on any atom is 0.311 e. The normalized spacial score (nSPS) is 19.4. The molecular formula is C83H150O14Si5. The smallest absolute Gasteiger partial charge is 0.311 e. The fourth-order valence-electron chi connectivity index (χ4n) is 11.3. The molecule has 0 spiro atoms. The lowest BCUT2D eigenvalue weighted by molar-refractivity contribution is -0.280. The van der Waals surface area contributed by atoms with Crippen LogP contribution in [0.3, 0.4) is 0 Å². The third-order valence-corrected chi connectivity index (χ3v) is 45.9. The number of hydrogen-bond acceptors (Lipinski definition) is 14. The summed E-state index contributed by atoms with van der Waals surface area (Å²) in [4.78, 5) is 28.5. The molecule has 14 nitrogen and oxygen atoms in total. The molecule has 2 aromatic rings. The topological polar surface area (TPSA) is 145 Å². The van der Waals surface area contributed by atoms with E-state index in [0.717, 1.165) is 65.9 Å². The van der Waals surface area contributed by atoms with Gasteiger partial charge in [-0.25, -0.2) is 0 Å². The summed E-state index contributed by atoms with van der Waals surface area (Å²) in [5.74, 6) is -0.578. The van der Waals surface area contributed by atoms with Crippen LogP contribution in [0.5, 0.6) is 11.5 Å². The van der Waals surface area contributed by atoms with Gasteiger partial charge >= 0.3 is 5.97 Å². The Labute approximate surface area is 629 Å². The quantitative estimate of drug-likeness (QED) is 0.0269. The van der Waals surface area contributed by atoms with Crippen molar-refractivity contribution >= 4 is 53.3 Å². The Morgan fingerprint density at radius 1 is 0.559 bits per heavy atom. The molecule has 0 aliphatic carbocycles. The second-order valence-corrected chi connectivity index (χ2v) is 61.4. The summed E-state index contributed by atoms with van der Waals surface area (Å²) >= 11 is 0. The molecule has 1 saturated heterocycles. The second kappa shape index (κ2) is 38.5. The molecule has 0 amide bonds. The summed E-state index contributed by atoms with van der Waals surface area (Å²) < 4.78 is 80.9. The Hall–Kier alpha value is -2.88. The summed E-state index contributed by atoms with van der Waals surface area (Å²) in [5.41, 5.74) is 3.86. The zero-order valence-electron chi connectivity index (χ0n) is 71.1. The predicted octanol–water partition coefficient (Wildman–Crippen LogP) is 22.6. The third kappa shape index (κ3) is 28.9. The van der Waals surface area contributed by atoms with Gasteiger partial charge in [0.25, 0.3) is 0 Å². The summed E-state index contributed by atoms with van der Waals surface area (Å²) in [7, 11) is -7.09. The number of hydrogen-bond donors (Lipinski definition) is 0. The first-order chi connectivity index (χ1) is 46.5. The SMILES string of the molecule is C=C(/C=C/[C@H](O[Si](C)(C)C(C)(C)C)[C@@H](C)C(=O)OC)[C@H](C[C@H](OCc1ccc(OC)cc1)[C@H](C)/C=C(\C)C[C@H]1OC(C)(C)O[C@H](CC[C@H](C[C@H](CC[C@@H](O[Si](C)(C)C(C)(C)C)[C@@H](CCCC)OCc2ccc(OC)cc2)O[Si](C)(C)C(C)(C)C)O[Si](C)(C)C(C)(C)C)C1=O)O[Si](C)(C)C(C)(C)C. The molecule has 3 rings (SSSR count). The lowest BCUT2D eigenvalue weighted by atomic mass is 9.91. The van der Waals surface area contributed by atoms with Crippen molar-refractivity contribution in [3.63, 3.8) is 0 Å². The van der Waals surface area contributed by atoms with Crippen LogP contribution in [0.4, 0.5) is 0 Å². The van der Waals surface area contributed by atoms with Crippen molar-refractivity contribution < 1.29 is 64.9 Å². The number of ether oxygens (including phenoxy) is 7. The Morgan fingerprint density at radius 2 is 0.980 bits per heavy atom. The van der Waals surface area contributed by atoms with E-state index in [-0.39, 0.29) is 73.4 Å². The van der Waals surface area contributed by atoms with Gasteiger partial charge in [-0.1, -0.05) is 185 Å². The van der Waals surface area contributed by atoms with Crippen LogP contribution in [0, 0.1) is 11.8 Å². The first-order valence-electron chi connectivity index (χ1n) is 38.4. The number of Topliss-reactive ketones (excluding diaryl/α,β-unsaturated/α-hetero) is 1. The van der Waals surface area contributed by atoms with Crippen molar-refractivity contribution in [3.05, 3.63) is 95.6 Å². The first kappa shape index (κ1) is 93.3. The fraction of sp³-hybridized carbons (Fsp3) is 0.759. The zero-order valence-corrected chi connectivity index (χ0v) is 76.1. The van der Waals surface area contributed by atoms with Gasteiger partial charge in [0.15, 0.2) is 53.2 Å². The van der Waals surface area contributed by atoms with E-state index in [4.69, 9.17) is 61.9 Å². The molecule has 2 aromatic carbocycles. The number of rotatable bonds is 41.